The van der Waals surface area contributed by atoms with E-state index in [2.05, 4.69) is 11.4 Å². The van der Waals surface area contributed by atoms with Crippen molar-refractivity contribution in [2.24, 2.45) is 0 Å². The SMILES string of the molecule is COc1ccc(OC)c(C2(CNC3CC3)COC2)c1. The number of benzene rings is 1. The fraction of sp³-hybridized carbons (Fsp3) is 0.600. The van der Waals surface area contributed by atoms with E-state index in [9.17, 15) is 0 Å². The van der Waals surface area contributed by atoms with Gasteiger partial charge < -0.3 is 19.5 Å². The van der Waals surface area contributed by atoms with Gasteiger partial charge in [-0.1, -0.05) is 0 Å². The summed E-state index contributed by atoms with van der Waals surface area (Å²) in [6.07, 6.45) is 2.60. The molecular weight excluding hydrogens is 242 g/mol. The topological polar surface area (TPSA) is 39.7 Å². The minimum atomic E-state index is 0.0302. The van der Waals surface area contributed by atoms with E-state index in [1.54, 1.807) is 14.2 Å². The second kappa shape index (κ2) is 5.02. The van der Waals surface area contributed by atoms with Crippen LogP contribution in [-0.2, 0) is 10.2 Å². The summed E-state index contributed by atoms with van der Waals surface area (Å²) in [7, 11) is 3.41. The van der Waals surface area contributed by atoms with Crippen LogP contribution in [0.1, 0.15) is 18.4 Å². The average molecular weight is 263 g/mol. The maximum atomic E-state index is 5.51. The van der Waals surface area contributed by atoms with Gasteiger partial charge in [0.15, 0.2) is 0 Å². The molecule has 3 rings (SSSR count). The van der Waals surface area contributed by atoms with Gasteiger partial charge in [-0.05, 0) is 31.0 Å². The molecule has 0 amide bonds. The van der Waals surface area contributed by atoms with Crippen molar-refractivity contribution in [1.29, 1.82) is 0 Å². The Hall–Kier alpha value is -1.26. The zero-order chi connectivity index (χ0) is 13.3. The summed E-state index contributed by atoms with van der Waals surface area (Å²) in [4.78, 5) is 0. The lowest BCUT2D eigenvalue weighted by Gasteiger charge is -2.43. The van der Waals surface area contributed by atoms with E-state index in [0.29, 0.717) is 6.04 Å². The number of hydrogen-bond acceptors (Lipinski definition) is 4. The molecular formula is C15H21NO3. The van der Waals surface area contributed by atoms with Crippen molar-refractivity contribution in [3.63, 3.8) is 0 Å². The molecule has 1 aliphatic carbocycles. The highest BCUT2D eigenvalue weighted by molar-refractivity contribution is 5.46. The molecule has 1 aliphatic heterocycles. The Morgan fingerprint density at radius 3 is 2.58 bits per heavy atom. The molecule has 1 N–H and O–H groups in total. The average Bonchev–Trinajstić information content (AvgIpc) is 3.21. The van der Waals surface area contributed by atoms with Crippen molar-refractivity contribution in [3.05, 3.63) is 23.8 Å². The summed E-state index contributed by atoms with van der Waals surface area (Å²) < 4.78 is 16.3. The fourth-order valence-electron chi connectivity index (χ4n) is 2.56. The van der Waals surface area contributed by atoms with Crippen LogP contribution in [-0.4, -0.2) is 40.0 Å². The van der Waals surface area contributed by atoms with Gasteiger partial charge in [-0.15, -0.1) is 0 Å². The van der Waals surface area contributed by atoms with E-state index in [1.807, 2.05) is 12.1 Å². The normalized spacial score (nSPS) is 20.7. The summed E-state index contributed by atoms with van der Waals surface area (Å²) in [5.74, 6) is 1.79. The quantitative estimate of drug-likeness (QED) is 0.848. The van der Waals surface area contributed by atoms with Crippen molar-refractivity contribution in [2.75, 3.05) is 34.0 Å². The van der Waals surface area contributed by atoms with Gasteiger partial charge >= 0.3 is 0 Å². The highest BCUT2D eigenvalue weighted by Crippen LogP contribution is 2.40. The van der Waals surface area contributed by atoms with Gasteiger partial charge in [0.2, 0.25) is 0 Å². The van der Waals surface area contributed by atoms with Gasteiger partial charge in [-0.25, -0.2) is 0 Å². The van der Waals surface area contributed by atoms with E-state index in [0.717, 1.165) is 31.3 Å². The highest BCUT2D eigenvalue weighted by atomic mass is 16.5. The fourth-order valence-corrected chi connectivity index (χ4v) is 2.56. The number of rotatable bonds is 6. The van der Waals surface area contributed by atoms with E-state index in [4.69, 9.17) is 14.2 Å². The van der Waals surface area contributed by atoms with E-state index in [1.165, 1.54) is 18.4 Å². The summed E-state index contributed by atoms with van der Waals surface area (Å²) >= 11 is 0. The molecule has 104 valence electrons. The molecule has 1 saturated carbocycles. The smallest absolute Gasteiger partial charge is 0.123 e. The summed E-state index contributed by atoms with van der Waals surface area (Å²) in [5.41, 5.74) is 1.22. The molecule has 19 heavy (non-hydrogen) atoms. The van der Waals surface area contributed by atoms with Crippen LogP contribution in [0.3, 0.4) is 0 Å². The molecule has 1 heterocycles. The largest absolute Gasteiger partial charge is 0.497 e. The Balaban J connectivity index is 1.87. The molecule has 1 aromatic rings. The highest BCUT2D eigenvalue weighted by Gasteiger charge is 2.43. The summed E-state index contributed by atoms with van der Waals surface area (Å²) in [6.45, 7) is 2.44. The zero-order valence-corrected chi connectivity index (χ0v) is 11.6. The Kier molecular flexibility index (Phi) is 3.37. The van der Waals surface area contributed by atoms with E-state index >= 15 is 0 Å². The molecule has 0 unspecified atom stereocenters. The van der Waals surface area contributed by atoms with Crippen molar-refractivity contribution in [1.82, 2.24) is 5.32 Å². The molecule has 0 atom stereocenters. The summed E-state index contributed by atoms with van der Waals surface area (Å²) in [5, 5.41) is 3.61. The second-order valence-corrected chi connectivity index (χ2v) is 5.49. The van der Waals surface area contributed by atoms with Crippen molar-refractivity contribution in [2.45, 2.75) is 24.3 Å². The molecule has 2 fully saturated rings. The number of methoxy groups -OCH3 is 2. The Morgan fingerprint density at radius 1 is 1.26 bits per heavy atom. The maximum Gasteiger partial charge on any atom is 0.123 e. The summed E-state index contributed by atoms with van der Waals surface area (Å²) in [6, 6.07) is 6.69. The maximum absolute atomic E-state index is 5.51. The van der Waals surface area contributed by atoms with Crippen molar-refractivity contribution >= 4 is 0 Å². The predicted octanol–water partition coefficient (Wildman–Crippen LogP) is 1.72. The molecule has 4 nitrogen and oxygen atoms in total. The first-order valence-electron chi connectivity index (χ1n) is 6.81. The van der Waals surface area contributed by atoms with Crippen LogP contribution in [0.15, 0.2) is 18.2 Å². The standard InChI is InChI=1S/C15H21NO3/c1-17-12-5-6-14(18-2)13(7-12)15(9-19-10-15)8-16-11-3-4-11/h5-7,11,16H,3-4,8-10H2,1-2H3. The second-order valence-electron chi connectivity index (χ2n) is 5.49. The Bertz CT molecular complexity index is 453. The Morgan fingerprint density at radius 2 is 2.05 bits per heavy atom. The third kappa shape index (κ3) is 2.42. The molecule has 4 heteroatoms. The predicted molar refractivity (Wildman–Crippen MR) is 73.1 cm³/mol. The van der Waals surface area contributed by atoms with Gasteiger partial charge in [0.25, 0.3) is 0 Å². The molecule has 0 bridgehead atoms. The van der Waals surface area contributed by atoms with Gasteiger partial charge in [0.05, 0.1) is 32.8 Å². The van der Waals surface area contributed by atoms with Crippen LogP contribution in [0, 0.1) is 0 Å². The van der Waals surface area contributed by atoms with Crippen LogP contribution >= 0.6 is 0 Å². The molecule has 1 saturated heterocycles. The minimum Gasteiger partial charge on any atom is -0.497 e. The number of ether oxygens (including phenoxy) is 3. The third-order valence-corrected chi connectivity index (χ3v) is 4.04. The van der Waals surface area contributed by atoms with Crippen LogP contribution in [0.5, 0.6) is 11.5 Å². The van der Waals surface area contributed by atoms with Crippen LogP contribution in [0.2, 0.25) is 0 Å². The third-order valence-electron chi connectivity index (χ3n) is 4.04. The first-order valence-corrected chi connectivity index (χ1v) is 6.81. The van der Waals surface area contributed by atoms with Crippen molar-refractivity contribution in [3.8, 4) is 11.5 Å². The molecule has 0 spiro atoms. The zero-order valence-electron chi connectivity index (χ0n) is 11.6. The van der Waals surface area contributed by atoms with Gasteiger partial charge in [0.1, 0.15) is 11.5 Å². The van der Waals surface area contributed by atoms with E-state index in [-0.39, 0.29) is 5.41 Å². The first-order chi connectivity index (χ1) is 9.27. The molecule has 2 aliphatic rings. The molecule has 0 aromatic heterocycles. The van der Waals surface area contributed by atoms with Crippen molar-refractivity contribution < 1.29 is 14.2 Å². The molecule has 0 radical (unpaired) electrons. The van der Waals surface area contributed by atoms with Gasteiger partial charge in [-0.2, -0.15) is 0 Å². The number of hydrogen-bond donors (Lipinski definition) is 1. The Labute approximate surface area is 114 Å². The van der Waals surface area contributed by atoms with Crippen LogP contribution < -0.4 is 14.8 Å². The number of nitrogens with one attached hydrogen (secondary N) is 1. The van der Waals surface area contributed by atoms with E-state index < -0.39 is 0 Å². The molecule has 1 aromatic carbocycles. The van der Waals surface area contributed by atoms with Crippen LogP contribution in [0.4, 0.5) is 0 Å². The lowest BCUT2D eigenvalue weighted by molar-refractivity contribution is -0.0601. The van der Waals surface area contributed by atoms with Crippen LogP contribution in [0.25, 0.3) is 0 Å². The first kappa shape index (κ1) is 12.8. The van der Waals surface area contributed by atoms with Gasteiger partial charge in [0, 0.05) is 18.2 Å². The minimum absolute atomic E-state index is 0.0302. The lowest BCUT2D eigenvalue weighted by atomic mass is 9.77. The van der Waals surface area contributed by atoms with Gasteiger partial charge in [-0.3, -0.25) is 0 Å². The monoisotopic (exact) mass is 263 g/mol. The lowest BCUT2D eigenvalue weighted by Crippen LogP contribution is -2.54.